The first-order valence-electron chi connectivity index (χ1n) is 15.9. The molecule has 240 valence electrons. The number of amides is 1. The summed E-state index contributed by atoms with van der Waals surface area (Å²) in [6.07, 6.45) is 0.353. The van der Waals surface area contributed by atoms with Crippen LogP contribution in [0.4, 0.5) is 0 Å². The second-order valence-electron chi connectivity index (χ2n) is 12.5. The Morgan fingerprint density at radius 1 is 0.870 bits per heavy atom. The minimum Gasteiger partial charge on any atom is -0.392 e. The van der Waals surface area contributed by atoms with Gasteiger partial charge in [-0.05, 0) is 59.4 Å². The van der Waals surface area contributed by atoms with Crippen LogP contribution in [0.3, 0.4) is 0 Å². The molecular formula is C38H41ClN2O5. The number of nitrogens with one attached hydrogen (secondary N) is 1. The van der Waals surface area contributed by atoms with E-state index in [4.69, 9.17) is 21.1 Å². The lowest BCUT2D eigenvalue weighted by Gasteiger charge is -2.45. The van der Waals surface area contributed by atoms with Crippen LogP contribution in [0.25, 0.3) is 0 Å². The molecule has 0 aromatic heterocycles. The Hall–Kier alpha value is -3.56. The van der Waals surface area contributed by atoms with Gasteiger partial charge in [-0.1, -0.05) is 97.4 Å². The van der Waals surface area contributed by atoms with E-state index in [1.54, 1.807) is 12.1 Å². The highest BCUT2D eigenvalue weighted by molar-refractivity contribution is 6.30. The van der Waals surface area contributed by atoms with E-state index in [-0.39, 0.29) is 30.6 Å². The third-order valence-corrected chi connectivity index (χ3v) is 9.62. The molecule has 7 nitrogen and oxygen atoms in total. The van der Waals surface area contributed by atoms with Crippen LogP contribution in [-0.4, -0.2) is 46.8 Å². The SMILES string of the molecule is C[C@H]1[C@@H](CN2CCC(O)(c3ccc(Cl)cc3)CC2)O[C@@H](c2ccc(CNC(=O)c3ccccc3)cc2)O[C@H]1c1ccc(CO)cc1. The predicted octanol–water partition coefficient (Wildman–Crippen LogP) is 6.54. The number of carbonyl (C=O) groups is 1. The van der Waals surface area contributed by atoms with E-state index in [1.807, 2.05) is 91.0 Å². The van der Waals surface area contributed by atoms with Crippen molar-refractivity contribution in [2.45, 2.75) is 57.0 Å². The van der Waals surface area contributed by atoms with Gasteiger partial charge < -0.3 is 29.9 Å². The van der Waals surface area contributed by atoms with Crippen molar-refractivity contribution < 1.29 is 24.5 Å². The van der Waals surface area contributed by atoms with Crippen molar-refractivity contribution in [3.05, 3.63) is 142 Å². The van der Waals surface area contributed by atoms with E-state index in [1.165, 1.54) is 0 Å². The van der Waals surface area contributed by atoms with Gasteiger partial charge in [0.15, 0.2) is 6.29 Å². The van der Waals surface area contributed by atoms with Crippen LogP contribution in [0, 0.1) is 5.92 Å². The van der Waals surface area contributed by atoms with Crippen molar-refractivity contribution in [2.75, 3.05) is 19.6 Å². The maximum atomic E-state index is 12.5. The summed E-state index contributed by atoms with van der Waals surface area (Å²) in [6.45, 7) is 4.78. The van der Waals surface area contributed by atoms with Gasteiger partial charge in [0.1, 0.15) is 0 Å². The third kappa shape index (κ3) is 7.52. The zero-order chi connectivity index (χ0) is 32.1. The summed E-state index contributed by atoms with van der Waals surface area (Å²) in [5, 5.41) is 24.6. The molecule has 3 N–H and O–H groups in total. The molecule has 2 aliphatic rings. The average Bonchev–Trinajstić information content (AvgIpc) is 3.10. The number of nitrogens with zero attached hydrogens (tertiary/aromatic N) is 1. The molecule has 2 aliphatic heterocycles. The quantitative estimate of drug-likeness (QED) is 0.193. The zero-order valence-electron chi connectivity index (χ0n) is 26.0. The number of rotatable bonds is 9. The molecule has 0 aliphatic carbocycles. The predicted molar refractivity (Wildman–Crippen MR) is 178 cm³/mol. The normalized spacial score (nSPS) is 23.1. The summed E-state index contributed by atoms with van der Waals surface area (Å²) >= 11 is 6.08. The zero-order valence-corrected chi connectivity index (χ0v) is 26.8. The van der Waals surface area contributed by atoms with E-state index >= 15 is 0 Å². The Balaban J connectivity index is 1.15. The van der Waals surface area contributed by atoms with E-state index in [0.29, 0.717) is 36.5 Å². The van der Waals surface area contributed by atoms with Crippen LogP contribution >= 0.6 is 11.6 Å². The Kier molecular flexibility index (Phi) is 10.2. The number of likely N-dealkylation sites (tertiary alicyclic amines) is 1. The Morgan fingerprint density at radius 3 is 2.15 bits per heavy atom. The minimum atomic E-state index is -0.870. The highest BCUT2D eigenvalue weighted by Crippen LogP contribution is 2.42. The molecule has 2 fully saturated rings. The number of hydrogen-bond acceptors (Lipinski definition) is 6. The molecule has 1 amide bonds. The van der Waals surface area contributed by atoms with E-state index in [9.17, 15) is 15.0 Å². The van der Waals surface area contributed by atoms with E-state index in [0.717, 1.165) is 40.9 Å². The van der Waals surface area contributed by atoms with Crippen LogP contribution in [0.15, 0.2) is 103 Å². The van der Waals surface area contributed by atoms with Gasteiger partial charge in [0.2, 0.25) is 0 Å². The summed E-state index contributed by atoms with van der Waals surface area (Å²) in [6, 6.07) is 32.6. The van der Waals surface area contributed by atoms with Gasteiger partial charge in [-0.2, -0.15) is 0 Å². The van der Waals surface area contributed by atoms with E-state index in [2.05, 4.69) is 17.1 Å². The molecule has 0 radical (unpaired) electrons. The molecule has 4 atom stereocenters. The minimum absolute atomic E-state index is 0.00873. The van der Waals surface area contributed by atoms with Crippen molar-refractivity contribution in [1.29, 1.82) is 0 Å². The Morgan fingerprint density at radius 2 is 1.50 bits per heavy atom. The lowest BCUT2D eigenvalue weighted by atomic mass is 9.84. The first kappa shape index (κ1) is 32.4. The third-order valence-electron chi connectivity index (χ3n) is 9.37. The van der Waals surface area contributed by atoms with Gasteiger partial charge in [0.05, 0.1) is 24.4 Å². The van der Waals surface area contributed by atoms with Gasteiger partial charge in [0.25, 0.3) is 5.91 Å². The van der Waals surface area contributed by atoms with Crippen molar-refractivity contribution in [3.8, 4) is 0 Å². The maximum absolute atomic E-state index is 12.5. The smallest absolute Gasteiger partial charge is 0.251 e. The molecule has 2 saturated heterocycles. The van der Waals surface area contributed by atoms with Crippen molar-refractivity contribution >= 4 is 17.5 Å². The molecule has 0 unspecified atom stereocenters. The standard InChI is InChI=1S/C38H41ClN2O5/c1-26-34(24-41-21-19-38(44,20-22-41)32-15-17-33(39)18-16-32)45-37(46-35(26)29-11-9-28(25-42)10-12-29)31-13-7-27(8-14-31)23-40-36(43)30-5-3-2-4-6-30/h2-18,26,34-35,37,42,44H,19-25H2,1H3,(H,40,43)/t26-,34+,35+,37+/m0/s1. The molecule has 4 aromatic carbocycles. The average molecular weight is 641 g/mol. The van der Waals surface area contributed by atoms with Crippen molar-refractivity contribution in [3.63, 3.8) is 0 Å². The number of halogens is 1. The van der Waals surface area contributed by atoms with Gasteiger partial charge in [0, 0.05) is 48.2 Å². The number of benzene rings is 4. The molecule has 0 bridgehead atoms. The van der Waals surface area contributed by atoms with Crippen LogP contribution < -0.4 is 5.32 Å². The van der Waals surface area contributed by atoms with Crippen LogP contribution in [-0.2, 0) is 28.2 Å². The van der Waals surface area contributed by atoms with Crippen LogP contribution in [0.5, 0.6) is 0 Å². The first-order valence-corrected chi connectivity index (χ1v) is 16.3. The summed E-state index contributed by atoms with van der Waals surface area (Å²) < 4.78 is 13.3. The summed E-state index contributed by atoms with van der Waals surface area (Å²) in [5.41, 5.74) is 4.44. The second kappa shape index (κ2) is 14.5. The molecule has 46 heavy (non-hydrogen) atoms. The molecule has 0 spiro atoms. The number of ether oxygens (including phenoxy) is 2. The highest BCUT2D eigenvalue weighted by Gasteiger charge is 2.41. The molecule has 6 rings (SSSR count). The number of aliphatic hydroxyl groups is 2. The van der Waals surface area contributed by atoms with Crippen LogP contribution in [0.1, 0.15) is 70.3 Å². The molecule has 4 aromatic rings. The fourth-order valence-electron chi connectivity index (χ4n) is 6.40. The topological polar surface area (TPSA) is 91.3 Å². The first-order chi connectivity index (χ1) is 22.3. The van der Waals surface area contributed by atoms with Gasteiger partial charge >= 0.3 is 0 Å². The molecule has 2 heterocycles. The summed E-state index contributed by atoms with van der Waals surface area (Å²) in [7, 11) is 0. The fourth-order valence-corrected chi connectivity index (χ4v) is 6.53. The van der Waals surface area contributed by atoms with Crippen molar-refractivity contribution in [2.24, 2.45) is 5.92 Å². The Bertz CT molecular complexity index is 1570. The van der Waals surface area contributed by atoms with Crippen LogP contribution in [0.2, 0.25) is 5.02 Å². The van der Waals surface area contributed by atoms with E-state index < -0.39 is 11.9 Å². The number of aliphatic hydroxyl groups excluding tert-OH is 1. The highest BCUT2D eigenvalue weighted by atomic mass is 35.5. The monoisotopic (exact) mass is 640 g/mol. The summed E-state index contributed by atoms with van der Waals surface area (Å²) in [5.74, 6) is -0.0550. The number of hydrogen-bond donors (Lipinski definition) is 3. The maximum Gasteiger partial charge on any atom is 0.251 e. The van der Waals surface area contributed by atoms with Crippen molar-refractivity contribution in [1.82, 2.24) is 10.2 Å². The van der Waals surface area contributed by atoms with Gasteiger partial charge in [-0.15, -0.1) is 0 Å². The Labute approximate surface area is 275 Å². The number of carbonyl (C=O) groups excluding carboxylic acids is 1. The lowest BCUT2D eigenvalue weighted by molar-refractivity contribution is -0.277. The molecule has 8 heteroatoms. The van der Waals surface area contributed by atoms with Gasteiger partial charge in [-0.3, -0.25) is 4.79 Å². The lowest BCUT2D eigenvalue weighted by Crippen LogP contribution is -2.49. The fraction of sp³-hybridized carbons (Fsp3) is 0.342. The van der Waals surface area contributed by atoms with Gasteiger partial charge in [-0.25, -0.2) is 0 Å². The molecule has 0 saturated carbocycles. The largest absolute Gasteiger partial charge is 0.392 e. The second-order valence-corrected chi connectivity index (χ2v) is 12.9. The molecular weight excluding hydrogens is 600 g/mol. The summed E-state index contributed by atoms with van der Waals surface area (Å²) in [4.78, 5) is 14.9. The number of piperidine rings is 1.